The highest BCUT2D eigenvalue weighted by Gasteiger charge is 2.43. The average molecular weight is 442 g/mol. The number of hydrogen-bond acceptors (Lipinski definition) is 4. The molecule has 166 valence electrons. The van der Waals surface area contributed by atoms with Gasteiger partial charge < -0.3 is 9.80 Å². The van der Waals surface area contributed by atoms with Gasteiger partial charge in [0.2, 0.25) is 0 Å². The lowest BCUT2D eigenvalue weighted by Crippen LogP contribution is -2.47. The first-order chi connectivity index (χ1) is 16.0. The van der Waals surface area contributed by atoms with Gasteiger partial charge >= 0.3 is 0 Å². The van der Waals surface area contributed by atoms with Crippen molar-refractivity contribution in [3.05, 3.63) is 102 Å². The zero-order valence-corrected chi connectivity index (χ0v) is 18.4. The number of hydrogen-bond donors (Lipinski definition) is 0. The van der Waals surface area contributed by atoms with Crippen LogP contribution >= 0.6 is 0 Å². The molecule has 0 saturated carbocycles. The number of amides is 2. The number of piperazine rings is 1. The first kappa shape index (κ1) is 20.9. The van der Waals surface area contributed by atoms with Gasteiger partial charge in [0, 0.05) is 31.9 Å². The zero-order chi connectivity index (χ0) is 22.9. The lowest BCUT2D eigenvalue weighted by Gasteiger charge is -2.37. The summed E-state index contributed by atoms with van der Waals surface area (Å²) in [5, 5.41) is 0. The Morgan fingerprint density at radius 3 is 1.97 bits per heavy atom. The van der Waals surface area contributed by atoms with Crippen LogP contribution in [-0.2, 0) is 9.59 Å². The molecule has 3 aromatic rings. The standard InChI is InChI=1S/C27H24FN3O2/c1-19-11-13-20(14-12-19)24-25(27(33)31(26(24)32)23-10-6-5-9-22(23)28)30-17-15-29(16-18-30)21-7-3-2-4-8-21/h2-14H,15-18H2,1H3. The Labute approximate surface area is 192 Å². The second-order valence-electron chi connectivity index (χ2n) is 8.30. The molecule has 2 heterocycles. The highest BCUT2D eigenvalue weighted by Crippen LogP contribution is 2.36. The largest absolute Gasteiger partial charge is 0.368 e. The van der Waals surface area contributed by atoms with Crippen LogP contribution in [0.3, 0.4) is 0 Å². The molecule has 2 aliphatic rings. The number of halogens is 1. The number of anilines is 2. The van der Waals surface area contributed by atoms with Crippen LogP contribution in [0.15, 0.2) is 84.6 Å². The summed E-state index contributed by atoms with van der Waals surface area (Å²) in [5.74, 6) is -1.57. The quantitative estimate of drug-likeness (QED) is 0.568. The van der Waals surface area contributed by atoms with E-state index in [1.165, 1.54) is 12.1 Å². The number of benzene rings is 3. The highest BCUT2D eigenvalue weighted by atomic mass is 19.1. The maximum atomic E-state index is 14.6. The van der Waals surface area contributed by atoms with Crippen molar-refractivity contribution < 1.29 is 14.0 Å². The van der Waals surface area contributed by atoms with Crippen molar-refractivity contribution in [3.8, 4) is 0 Å². The molecule has 0 unspecified atom stereocenters. The van der Waals surface area contributed by atoms with Gasteiger partial charge in [-0.1, -0.05) is 60.2 Å². The molecule has 1 saturated heterocycles. The van der Waals surface area contributed by atoms with Crippen molar-refractivity contribution in [2.45, 2.75) is 6.92 Å². The third kappa shape index (κ3) is 3.78. The van der Waals surface area contributed by atoms with Crippen LogP contribution in [0.5, 0.6) is 0 Å². The maximum absolute atomic E-state index is 14.6. The van der Waals surface area contributed by atoms with Crippen molar-refractivity contribution in [1.29, 1.82) is 0 Å². The fourth-order valence-corrected chi connectivity index (χ4v) is 4.47. The van der Waals surface area contributed by atoms with Gasteiger partial charge in [0.15, 0.2) is 0 Å². The Bertz CT molecular complexity index is 1230. The molecule has 6 heteroatoms. The van der Waals surface area contributed by atoms with Crippen LogP contribution in [0.4, 0.5) is 15.8 Å². The topological polar surface area (TPSA) is 43.9 Å². The fraction of sp³-hybridized carbons (Fsp3) is 0.185. The van der Waals surface area contributed by atoms with E-state index in [4.69, 9.17) is 0 Å². The van der Waals surface area contributed by atoms with E-state index in [9.17, 15) is 14.0 Å². The summed E-state index contributed by atoms with van der Waals surface area (Å²) in [5.41, 5.74) is 3.51. The monoisotopic (exact) mass is 441 g/mol. The molecule has 3 aromatic carbocycles. The molecule has 2 amide bonds. The number of para-hydroxylation sites is 2. The third-order valence-electron chi connectivity index (χ3n) is 6.21. The van der Waals surface area contributed by atoms with Crippen molar-refractivity contribution in [3.63, 3.8) is 0 Å². The summed E-state index contributed by atoms with van der Waals surface area (Å²) in [6, 6.07) is 23.5. The van der Waals surface area contributed by atoms with E-state index < -0.39 is 17.6 Å². The predicted molar refractivity (Wildman–Crippen MR) is 127 cm³/mol. The van der Waals surface area contributed by atoms with Crippen molar-refractivity contribution in [1.82, 2.24) is 4.90 Å². The van der Waals surface area contributed by atoms with E-state index in [1.54, 1.807) is 12.1 Å². The van der Waals surface area contributed by atoms with E-state index in [0.29, 0.717) is 29.9 Å². The molecule has 0 aromatic heterocycles. The van der Waals surface area contributed by atoms with Gasteiger partial charge in [0.05, 0.1) is 11.3 Å². The lowest BCUT2D eigenvalue weighted by atomic mass is 10.0. The van der Waals surface area contributed by atoms with Crippen LogP contribution in [0.25, 0.3) is 5.57 Å². The van der Waals surface area contributed by atoms with Gasteiger partial charge in [-0.05, 0) is 36.8 Å². The molecular formula is C27H24FN3O2. The van der Waals surface area contributed by atoms with Crippen LogP contribution in [0.1, 0.15) is 11.1 Å². The number of imide groups is 1. The second-order valence-corrected chi connectivity index (χ2v) is 8.30. The SMILES string of the molecule is Cc1ccc(C2=C(N3CCN(c4ccccc4)CC3)C(=O)N(c3ccccc3F)C2=O)cc1. The van der Waals surface area contributed by atoms with E-state index in [-0.39, 0.29) is 5.69 Å². The Balaban J connectivity index is 1.52. The Kier molecular flexibility index (Phi) is 5.42. The number of nitrogens with zero attached hydrogens (tertiary/aromatic N) is 3. The van der Waals surface area contributed by atoms with Crippen LogP contribution in [0, 0.1) is 12.7 Å². The average Bonchev–Trinajstić information content (AvgIpc) is 3.10. The molecule has 0 spiro atoms. The number of aryl methyl sites for hydroxylation is 1. The van der Waals surface area contributed by atoms with Crippen molar-refractivity contribution >= 4 is 28.8 Å². The van der Waals surface area contributed by atoms with Gasteiger partial charge in [0.25, 0.3) is 11.8 Å². The minimum absolute atomic E-state index is 0.0185. The predicted octanol–water partition coefficient (Wildman–Crippen LogP) is 4.24. The van der Waals surface area contributed by atoms with E-state index in [2.05, 4.69) is 17.0 Å². The van der Waals surface area contributed by atoms with Crippen molar-refractivity contribution in [2.24, 2.45) is 0 Å². The van der Waals surface area contributed by atoms with Crippen LogP contribution < -0.4 is 9.80 Å². The molecule has 0 radical (unpaired) electrons. The first-order valence-corrected chi connectivity index (χ1v) is 11.0. The molecule has 2 aliphatic heterocycles. The molecule has 1 fully saturated rings. The van der Waals surface area contributed by atoms with Gasteiger partial charge in [-0.25, -0.2) is 9.29 Å². The summed E-state index contributed by atoms with van der Waals surface area (Å²) in [4.78, 5) is 32.3. The summed E-state index contributed by atoms with van der Waals surface area (Å²) in [7, 11) is 0. The first-order valence-electron chi connectivity index (χ1n) is 11.0. The normalized spacial score (nSPS) is 16.7. The van der Waals surface area contributed by atoms with Gasteiger partial charge in [-0.15, -0.1) is 0 Å². The Morgan fingerprint density at radius 1 is 0.697 bits per heavy atom. The summed E-state index contributed by atoms with van der Waals surface area (Å²) in [6.07, 6.45) is 0. The van der Waals surface area contributed by atoms with Crippen molar-refractivity contribution in [2.75, 3.05) is 36.0 Å². The maximum Gasteiger partial charge on any atom is 0.282 e. The molecule has 33 heavy (non-hydrogen) atoms. The Hall–Kier alpha value is -3.93. The Morgan fingerprint density at radius 2 is 1.30 bits per heavy atom. The molecule has 0 N–H and O–H groups in total. The molecule has 0 atom stereocenters. The second kappa shape index (κ2) is 8.54. The van der Waals surface area contributed by atoms with Crippen LogP contribution in [0.2, 0.25) is 0 Å². The molecule has 5 rings (SSSR count). The smallest absolute Gasteiger partial charge is 0.282 e. The molecule has 0 aliphatic carbocycles. The highest BCUT2D eigenvalue weighted by molar-refractivity contribution is 6.45. The van der Waals surface area contributed by atoms with E-state index in [1.807, 2.05) is 54.3 Å². The summed E-state index contributed by atoms with van der Waals surface area (Å²) in [6.45, 7) is 4.58. The van der Waals surface area contributed by atoms with E-state index in [0.717, 1.165) is 29.2 Å². The number of carbonyl (C=O) groups is 2. The zero-order valence-electron chi connectivity index (χ0n) is 18.4. The number of carbonyl (C=O) groups excluding carboxylic acids is 2. The summed E-state index contributed by atoms with van der Waals surface area (Å²) >= 11 is 0. The third-order valence-corrected chi connectivity index (χ3v) is 6.21. The minimum Gasteiger partial charge on any atom is -0.368 e. The fourth-order valence-electron chi connectivity index (χ4n) is 4.47. The van der Waals surface area contributed by atoms with Crippen LogP contribution in [-0.4, -0.2) is 42.9 Å². The lowest BCUT2D eigenvalue weighted by molar-refractivity contribution is -0.120. The molecule has 0 bridgehead atoms. The van der Waals surface area contributed by atoms with Gasteiger partial charge in [-0.3, -0.25) is 9.59 Å². The minimum atomic E-state index is -0.599. The van der Waals surface area contributed by atoms with E-state index >= 15 is 0 Å². The summed E-state index contributed by atoms with van der Waals surface area (Å²) < 4.78 is 14.6. The van der Waals surface area contributed by atoms with Gasteiger partial charge in [0.1, 0.15) is 11.5 Å². The van der Waals surface area contributed by atoms with Gasteiger partial charge in [-0.2, -0.15) is 0 Å². The number of rotatable bonds is 4. The molecular weight excluding hydrogens is 417 g/mol. The molecule has 5 nitrogen and oxygen atoms in total.